The van der Waals surface area contributed by atoms with E-state index in [0.717, 1.165) is 56.7 Å². The number of nitrogens with zero attached hydrogens (tertiary/aromatic N) is 3. The number of nitriles is 1. The van der Waals surface area contributed by atoms with Gasteiger partial charge in [-0.3, -0.25) is 4.79 Å². The largest absolute Gasteiger partial charge is 0.370 e. The van der Waals surface area contributed by atoms with Gasteiger partial charge < -0.3 is 9.80 Å². The van der Waals surface area contributed by atoms with Crippen LogP contribution in [0.3, 0.4) is 0 Å². The first kappa shape index (κ1) is 14.9. The SMILES string of the molecule is CCCCC(=O)N1CC2(CCN(c3ccccc3C#N)C2)C1. The molecular weight excluding hydrogens is 274 g/mol. The molecule has 2 aliphatic rings. The van der Waals surface area contributed by atoms with E-state index in [1.807, 2.05) is 29.2 Å². The summed E-state index contributed by atoms with van der Waals surface area (Å²) in [4.78, 5) is 16.4. The number of hydrogen-bond acceptors (Lipinski definition) is 3. The van der Waals surface area contributed by atoms with Crippen molar-refractivity contribution in [2.75, 3.05) is 31.1 Å². The zero-order chi connectivity index (χ0) is 15.6. The minimum atomic E-state index is 0.254. The first-order chi connectivity index (χ1) is 10.7. The Morgan fingerprint density at radius 2 is 2.09 bits per heavy atom. The highest BCUT2D eigenvalue weighted by molar-refractivity contribution is 5.77. The second-order valence-corrected chi connectivity index (χ2v) is 6.65. The molecule has 2 aliphatic heterocycles. The molecule has 0 atom stereocenters. The van der Waals surface area contributed by atoms with Crippen molar-refractivity contribution in [3.8, 4) is 6.07 Å². The maximum absolute atomic E-state index is 12.0. The zero-order valence-corrected chi connectivity index (χ0v) is 13.2. The molecule has 0 saturated carbocycles. The van der Waals surface area contributed by atoms with Crippen LogP contribution in [0.15, 0.2) is 24.3 Å². The van der Waals surface area contributed by atoms with Crippen LogP contribution in [0.2, 0.25) is 0 Å². The summed E-state index contributed by atoms with van der Waals surface area (Å²) in [5, 5.41) is 9.25. The van der Waals surface area contributed by atoms with Crippen LogP contribution in [0, 0.1) is 16.7 Å². The molecule has 2 saturated heterocycles. The van der Waals surface area contributed by atoms with Crippen LogP contribution >= 0.6 is 0 Å². The lowest BCUT2D eigenvalue weighted by molar-refractivity contribution is -0.142. The van der Waals surface area contributed by atoms with E-state index in [1.54, 1.807) is 0 Å². The van der Waals surface area contributed by atoms with Gasteiger partial charge in [0.05, 0.1) is 11.3 Å². The number of carbonyl (C=O) groups is 1. The molecule has 3 rings (SSSR count). The Morgan fingerprint density at radius 3 is 2.82 bits per heavy atom. The van der Waals surface area contributed by atoms with Crippen LogP contribution in [0.1, 0.15) is 38.2 Å². The van der Waals surface area contributed by atoms with Gasteiger partial charge in [0.15, 0.2) is 0 Å². The number of para-hydroxylation sites is 1. The molecule has 1 spiro atoms. The molecule has 4 nitrogen and oxygen atoms in total. The number of anilines is 1. The Labute approximate surface area is 132 Å². The van der Waals surface area contributed by atoms with Crippen molar-refractivity contribution in [3.63, 3.8) is 0 Å². The molecule has 2 fully saturated rings. The fraction of sp³-hybridized carbons (Fsp3) is 0.556. The standard InChI is InChI=1S/C18H23N3O/c1-2-3-8-17(22)21-13-18(14-21)9-10-20(12-18)16-7-5-4-6-15(16)11-19/h4-7H,2-3,8-10,12-14H2,1H3. The van der Waals surface area contributed by atoms with E-state index < -0.39 is 0 Å². The van der Waals surface area contributed by atoms with Gasteiger partial charge in [0, 0.05) is 38.0 Å². The van der Waals surface area contributed by atoms with Gasteiger partial charge in [-0.05, 0) is 25.0 Å². The van der Waals surface area contributed by atoms with Crippen molar-refractivity contribution in [1.82, 2.24) is 4.90 Å². The average molecular weight is 297 g/mol. The Hall–Kier alpha value is -2.02. The average Bonchev–Trinajstić information content (AvgIpc) is 2.96. The van der Waals surface area contributed by atoms with E-state index in [0.29, 0.717) is 12.3 Å². The summed E-state index contributed by atoms with van der Waals surface area (Å²) in [7, 11) is 0. The van der Waals surface area contributed by atoms with Crippen LogP contribution < -0.4 is 4.90 Å². The summed E-state index contributed by atoms with van der Waals surface area (Å²) in [5.74, 6) is 0.309. The third-order valence-corrected chi connectivity index (χ3v) is 4.95. The van der Waals surface area contributed by atoms with Crippen molar-refractivity contribution >= 4 is 11.6 Å². The van der Waals surface area contributed by atoms with Gasteiger partial charge in [-0.15, -0.1) is 0 Å². The van der Waals surface area contributed by atoms with Gasteiger partial charge in [0.1, 0.15) is 6.07 Å². The molecule has 1 aromatic rings. The van der Waals surface area contributed by atoms with Gasteiger partial charge >= 0.3 is 0 Å². The highest BCUT2D eigenvalue weighted by Crippen LogP contribution is 2.42. The quantitative estimate of drug-likeness (QED) is 0.858. The van der Waals surface area contributed by atoms with E-state index in [-0.39, 0.29) is 5.41 Å². The first-order valence-corrected chi connectivity index (χ1v) is 8.19. The van der Waals surface area contributed by atoms with Crippen LogP contribution in [0.25, 0.3) is 0 Å². The lowest BCUT2D eigenvalue weighted by Gasteiger charge is -2.48. The lowest BCUT2D eigenvalue weighted by Crippen LogP contribution is -2.59. The maximum atomic E-state index is 12.0. The Balaban J connectivity index is 1.60. The van der Waals surface area contributed by atoms with Crippen LogP contribution in [-0.4, -0.2) is 37.0 Å². The van der Waals surface area contributed by atoms with E-state index in [4.69, 9.17) is 0 Å². The predicted octanol–water partition coefficient (Wildman–Crippen LogP) is 2.79. The monoisotopic (exact) mass is 297 g/mol. The Morgan fingerprint density at radius 1 is 1.32 bits per heavy atom. The fourth-order valence-electron chi connectivity index (χ4n) is 3.67. The molecule has 4 heteroatoms. The van der Waals surface area contributed by atoms with Crippen LogP contribution in [0.4, 0.5) is 5.69 Å². The molecule has 1 amide bonds. The van der Waals surface area contributed by atoms with Crippen molar-refractivity contribution < 1.29 is 4.79 Å². The Bertz CT molecular complexity index is 599. The molecule has 22 heavy (non-hydrogen) atoms. The summed E-state index contributed by atoms with van der Waals surface area (Å²) in [5.41, 5.74) is 2.04. The summed E-state index contributed by atoms with van der Waals surface area (Å²) in [6, 6.07) is 10.1. The molecule has 2 heterocycles. The summed E-state index contributed by atoms with van der Waals surface area (Å²) in [6.07, 6.45) is 3.87. The number of carbonyl (C=O) groups excluding carboxylic acids is 1. The first-order valence-electron chi connectivity index (χ1n) is 8.19. The lowest BCUT2D eigenvalue weighted by atomic mass is 9.79. The smallest absolute Gasteiger partial charge is 0.222 e. The third-order valence-electron chi connectivity index (χ3n) is 4.95. The van der Waals surface area contributed by atoms with Crippen molar-refractivity contribution in [3.05, 3.63) is 29.8 Å². The van der Waals surface area contributed by atoms with E-state index in [9.17, 15) is 10.1 Å². The van der Waals surface area contributed by atoms with Gasteiger partial charge in [0.25, 0.3) is 0 Å². The molecule has 0 N–H and O–H groups in total. The molecular formula is C18H23N3O. The molecule has 1 aromatic carbocycles. The van der Waals surface area contributed by atoms with Crippen molar-refractivity contribution in [2.45, 2.75) is 32.6 Å². The molecule has 0 aromatic heterocycles. The molecule has 0 aliphatic carbocycles. The highest BCUT2D eigenvalue weighted by atomic mass is 16.2. The van der Waals surface area contributed by atoms with Gasteiger partial charge in [-0.2, -0.15) is 5.26 Å². The Kier molecular flexibility index (Phi) is 4.06. The number of benzene rings is 1. The number of amides is 1. The number of unbranched alkanes of at least 4 members (excludes halogenated alkanes) is 1. The van der Waals surface area contributed by atoms with E-state index in [1.165, 1.54) is 0 Å². The minimum Gasteiger partial charge on any atom is -0.370 e. The van der Waals surface area contributed by atoms with Gasteiger partial charge in [-0.1, -0.05) is 25.5 Å². The zero-order valence-electron chi connectivity index (χ0n) is 13.2. The molecule has 0 bridgehead atoms. The predicted molar refractivity (Wildman–Crippen MR) is 86.5 cm³/mol. The van der Waals surface area contributed by atoms with Gasteiger partial charge in [0.2, 0.25) is 5.91 Å². The second-order valence-electron chi connectivity index (χ2n) is 6.65. The van der Waals surface area contributed by atoms with Crippen LogP contribution in [-0.2, 0) is 4.79 Å². The summed E-state index contributed by atoms with van der Waals surface area (Å²) >= 11 is 0. The van der Waals surface area contributed by atoms with Crippen molar-refractivity contribution in [1.29, 1.82) is 5.26 Å². The number of rotatable bonds is 4. The van der Waals surface area contributed by atoms with Crippen molar-refractivity contribution in [2.24, 2.45) is 5.41 Å². The van der Waals surface area contributed by atoms with E-state index >= 15 is 0 Å². The summed E-state index contributed by atoms with van der Waals surface area (Å²) < 4.78 is 0. The molecule has 0 unspecified atom stereocenters. The molecule has 116 valence electrons. The summed E-state index contributed by atoms with van der Waals surface area (Å²) in [6.45, 7) is 5.84. The van der Waals surface area contributed by atoms with Gasteiger partial charge in [-0.25, -0.2) is 0 Å². The normalized spacial score (nSPS) is 19.1. The third kappa shape index (κ3) is 2.68. The maximum Gasteiger partial charge on any atom is 0.222 e. The second kappa shape index (κ2) is 6.00. The number of hydrogen-bond donors (Lipinski definition) is 0. The molecule has 0 radical (unpaired) electrons. The highest BCUT2D eigenvalue weighted by Gasteiger charge is 2.49. The minimum absolute atomic E-state index is 0.254. The van der Waals surface area contributed by atoms with Crippen LogP contribution in [0.5, 0.6) is 0 Å². The van der Waals surface area contributed by atoms with E-state index in [2.05, 4.69) is 17.9 Å². The topological polar surface area (TPSA) is 47.3 Å². The number of likely N-dealkylation sites (tertiary alicyclic amines) is 1. The fourth-order valence-corrected chi connectivity index (χ4v) is 3.67.